The summed E-state index contributed by atoms with van der Waals surface area (Å²) in [5.41, 5.74) is 3.20. The third kappa shape index (κ3) is 4.55. The molecule has 7 heteroatoms. The summed E-state index contributed by atoms with van der Waals surface area (Å²) in [4.78, 5) is 17.5. The van der Waals surface area contributed by atoms with E-state index in [9.17, 15) is 13.2 Å². The van der Waals surface area contributed by atoms with Gasteiger partial charge in [0.15, 0.2) is 0 Å². The zero-order valence-electron chi connectivity index (χ0n) is 15.8. The van der Waals surface area contributed by atoms with Crippen LogP contribution < -0.4 is 10.5 Å². The first-order chi connectivity index (χ1) is 13.3. The van der Waals surface area contributed by atoms with Crippen LogP contribution in [-0.2, 0) is 16.4 Å². The van der Waals surface area contributed by atoms with Gasteiger partial charge < -0.3 is 5.32 Å². The lowest BCUT2D eigenvalue weighted by atomic mass is 10.0. The van der Waals surface area contributed by atoms with Crippen molar-refractivity contribution in [1.29, 1.82) is 0 Å². The number of nitrogens with two attached hydrogens (primary N) is 1. The van der Waals surface area contributed by atoms with Gasteiger partial charge in [-0.2, -0.15) is 0 Å². The highest BCUT2D eigenvalue weighted by atomic mass is 32.2. The normalized spacial score (nSPS) is 11.7. The number of rotatable bonds is 6. The molecule has 0 aliphatic carbocycles. The smallest absolute Gasteiger partial charge is 0.252 e. The van der Waals surface area contributed by atoms with E-state index in [0.717, 1.165) is 22.2 Å². The van der Waals surface area contributed by atoms with E-state index in [2.05, 4.69) is 10.3 Å². The average Bonchev–Trinajstić information content (AvgIpc) is 2.66. The fraction of sp³-hybridized carbons (Fsp3) is 0.238. The van der Waals surface area contributed by atoms with Gasteiger partial charge in [-0.1, -0.05) is 44.2 Å². The van der Waals surface area contributed by atoms with Crippen molar-refractivity contribution >= 4 is 26.8 Å². The van der Waals surface area contributed by atoms with Crippen LogP contribution in [0.3, 0.4) is 0 Å². The van der Waals surface area contributed by atoms with E-state index >= 15 is 0 Å². The van der Waals surface area contributed by atoms with Gasteiger partial charge in [0.2, 0.25) is 10.0 Å². The van der Waals surface area contributed by atoms with Crippen molar-refractivity contribution in [1.82, 2.24) is 10.3 Å². The lowest BCUT2D eigenvalue weighted by molar-refractivity contribution is 0.0955. The number of nitrogens with zero attached hydrogens (tertiary/aromatic N) is 1. The molecule has 0 spiro atoms. The van der Waals surface area contributed by atoms with Gasteiger partial charge in [-0.15, -0.1) is 0 Å². The maximum Gasteiger partial charge on any atom is 0.252 e. The molecule has 0 unspecified atom stereocenters. The molecule has 0 aliphatic rings. The fourth-order valence-corrected chi connectivity index (χ4v) is 3.46. The summed E-state index contributed by atoms with van der Waals surface area (Å²) in [6.07, 6.45) is 0.580. The molecule has 0 atom stereocenters. The zero-order chi connectivity index (χ0) is 20.3. The zero-order valence-corrected chi connectivity index (χ0v) is 16.7. The van der Waals surface area contributed by atoms with Gasteiger partial charge >= 0.3 is 0 Å². The summed E-state index contributed by atoms with van der Waals surface area (Å²) < 4.78 is 22.6. The Morgan fingerprint density at radius 3 is 2.43 bits per heavy atom. The van der Waals surface area contributed by atoms with Crippen molar-refractivity contribution in [2.75, 3.05) is 6.54 Å². The number of benzene rings is 2. The van der Waals surface area contributed by atoms with Crippen LogP contribution >= 0.6 is 0 Å². The van der Waals surface area contributed by atoms with Crippen molar-refractivity contribution in [3.63, 3.8) is 0 Å². The topological polar surface area (TPSA) is 102 Å². The molecule has 6 nitrogen and oxygen atoms in total. The summed E-state index contributed by atoms with van der Waals surface area (Å²) in [5.74, 6) is 0.0650. The molecule has 0 bridgehead atoms. The molecule has 0 radical (unpaired) electrons. The number of sulfonamides is 1. The SMILES string of the molecule is CC(C)c1cc(C(=O)NCCc2ccc(S(N)(=O)=O)cc2)c2ccccc2n1. The summed E-state index contributed by atoms with van der Waals surface area (Å²) in [6, 6.07) is 15.8. The van der Waals surface area contributed by atoms with Crippen molar-refractivity contribution in [2.24, 2.45) is 5.14 Å². The second kappa shape index (κ2) is 8.08. The van der Waals surface area contributed by atoms with Crippen LogP contribution in [0.1, 0.15) is 41.4 Å². The van der Waals surface area contributed by atoms with Crippen LogP contribution in [-0.4, -0.2) is 25.9 Å². The largest absolute Gasteiger partial charge is 0.352 e. The quantitative estimate of drug-likeness (QED) is 0.667. The van der Waals surface area contributed by atoms with Crippen LogP contribution in [0.5, 0.6) is 0 Å². The van der Waals surface area contributed by atoms with Crippen LogP contribution in [0.25, 0.3) is 10.9 Å². The Morgan fingerprint density at radius 1 is 1.11 bits per heavy atom. The van der Waals surface area contributed by atoms with Crippen molar-refractivity contribution in [3.05, 3.63) is 71.4 Å². The molecule has 1 amide bonds. The fourth-order valence-electron chi connectivity index (χ4n) is 2.94. The van der Waals surface area contributed by atoms with Crippen molar-refractivity contribution < 1.29 is 13.2 Å². The summed E-state index contributed by atoms with van der Waals surface area (Å²) in [6.45, 7) is 4.52. The molecule has 1 heterocycles. The average molecular weight is 398 g/mol. The molecule has 3 N–H and O–H groups in total. The number of nitrogens with one attached hydrogen (secondary N) is 1. The van der Waals surface area contributed by atoms with E-state index in [0.29, 0.717) is 18.5 Å². The molecular weight excluding hydrogens is 374 g/mol. The van der Waals surface area contributed by atoms with Gasteiger partial charge in [-0.3, -0.25) is 9.78 Å². The van der Waals surface area contributed by atoms with E-state index in [4.69, 9.17) is 5.14 Å². The second-order valence-electron chi connectivity index (χ2n) is 6.96. The summed E-state index contributed by atoms with van der Waals surface area (Å²) in [7, 11) is -3.70. The van der Waals surface area contributed by atoms with Crippen LogP contribution in [0.2, 0.25) is 0 Å². The van der Waals surface area contributed by atoms with Crippen molar-refractivity contribution in [3.8, 4) is 0 Å². The molecule has 28 heavy (non-hydrogen) atoms. The molecule has 3 rings (SSSR count). The first-order valence-corrected chi connectivity index (χ1v) is 10.6. The van der Waals surface area contributed by atoms with Gasteiger partial charge in [0.05, 0.1) is 16.0 Å². The molecule has 0 saturated carbocycles. The first-order valence-electron chi connectivity index (χ1n) is 9.05. The number of hydrogen-bond donors (Lipinski definition) is 2. The van der Waals surface area contributed by atoms with E-state index in [1.54, 1.807) is 12.1 Å². The number of pyridine rings is 1. The van der Waals surface area contributed by atoms with E-state index in [1.807, 2.05) is 44.2 Å². The summed E-state index contributed by atoms with van der Waals surface area (Å²) >= 11 is 0. The predicted molar refractivity (Wildman–Crippen MR) is 110 cm³/mol. The summed E-state index contributed by atoms with van der Waals surface area (Å²) in [5, 5.41) is 8.86. The number of para-hydroxylation sites is 1. The van der Waals surface area contributed by atoms with E-state index in [1.165, 1.54) is 12.1 Å². The van der Waals surface area contributed by atoms with E-state index < -0.39 is 10.0 Å². The number of aromatic nitrogens is 1. The van der Waals surface area contributed by atoms with E-state index in [-0.39, 0.29) is 16.7 Å². The Hall–Kier alpha value is -2.77. The molecule has 2 aromatic carbocycles. The highest BCUT2D eigenvalue weighted by Crippen LogP contribution is 2.22. The van der Waals surface area contributed by atoms with Gasteiger partial charge in [0, 0.05) is 17.6 Å². The molecule has 3 aromatic rings. The number of fused-ring (bicyclic) bond motifs is 1. The number of primary sulfonamides is 1. The monoisotopic (exact) mass is 397 g/mol. The Kier molecular flexibility index (Phi) is 5.76. The number of carbonyl (C=O) groups is 1. The lowest BCUT2D eigenvalue weighted by Gasteiger charge is -2.12. The number of hydrogen-bond acceptors (Lipinski definition) is 4. The van der Waals surface area contributed by atoms with Gasteiger partial charge in [-0.25, -0.2) is 13.6 Å². The highest BCUT2D eigenvalue weighted by Gasteiger charge is 2.14. The maximum absolute atomic E-state index is 12.8. The van der Waals surface area contributed by atoms with Gasteiger partial charge in [0.1, 0.15) is 0 Å². The molecule has 1 aromatic heterocycles. The molecular formula is C21H23N3O3S. The third-order valence-electron chi connectivity index (χ3n) is 4.52. The minimum absolute atomic E-state index is 0.0738. The maximum atomic E-state index is 12.8. The molecule has 0 aliphatic heterocycles. The molecule has 0 saturated heterocycles. The van der Waals surface area contributed by atoms with Crippen LogP contribution in [0.15, 0.2) is 59.5 Å². The van der Waals surface area contributed by atoms with Crippen molar-refractivity contribution in [2.45, 2.75) is 31.1 Å². The standard InChI is InChI=1S/C21H23N3O3S/c1-14(2)20-13-18(17-5-3-4-6-19(17)24-20)21(25)23-12-11-15-7-9-16(10-8-15)28(22,26)27/h3-10,13-14H,11-12H2,1-2H3,(H,23,25)(H2,22,26,27). The minimum Gasteiger partial charge on any atom is -0.352 e. The first kappa shape index (κ1) is 20.0. The second-order valence-corrected chi connectivity index (χ2v) is 8.52. The van der Waals surface area contributed by atoms with Crippen LogP contribution in [0.4, 0.5) is 0 Å². The lowest BCUT2D eigenvalue weighted by Crippen LogP contribution is -2.26. The highest BCUT2D eigenvalue weighted by molar-refractivity contribution is 7.89. The number of carbonyl (C=O) groups excluding carboxylic acids is 1. The molecule has 0 fully saturated rings. The minimum atomic E-state index is -3.70. The van der Waals surface area contributed by atoms with Gasteiger partial charge in [0.25, 0.3) is 5.91 Å². The molecule has 146 valence electrons. The third-order valence-corrected chi connectivity index (χ3v) is 5.45. The Morgan fingerprint density at radius 2 is 1.79 bits per heavy atom. The Balaban J connectivity index is 1.73. The predicted octanol–water partition coefficient (Wildman–Crippen LogP) is 2.98. The number of amides is 1. The van der Waals surface area contributed by atoms with Crippen LogP contribution in [0, 0.1) is 0 Å². The Labute approximate surface area is 164 Å². The Bertz CT molecular complexity index is 1110. The van der Waals surface area contributed by atoms with Gasteiger partial charge in [-0.05, 0) is 42.2 Å².